The molecule has 0 unspecified atom stereocenters. The number of amides is 4. The monoisotopic (exact) mass is 281 g/mol. The number of carboxylic acid groups (broad SMARTS) is 1. The molecular weight excluding hydrogens is 270 g/mol. The zero-order valence-corrected chi connectivity index (χ0v) is 10.2. The van der Waals surface area contributed by atoms with Crippen molar-refractivity contribution in [3.05, 3.63) is 23.7 Å². The molecule has 0 saturated carbocycles. The van der Waals surface area contributed by atoms with E-state index in [2.05, 4.69) is 10.6 Å². The number of hydrogen-bond donors (Lipinski definition) is 3. The van der Waals surface area contributed by atoms with E-state index in [1.54, 1.807) is 0 Å². The van der Waals surface area contributed by atoms with Crippen molar-refractivity contribution >= 4 is 23.8 Å². The second kappa shape index (κ2) is 5.43. The SMILES string of the molecule is O=C(CN1C(=O)CNC1=O)NCc1ccc(C(=O)O)o1. The average molecular weight is 281 g/mol. The molecule has 9 heteroatoms. The lowest BCUT2D eigenvalue weighted by atomic mass is 10.4. The second-order valence-corrected chi connectivity index (χ2v) is 3.99. The van der Waals surface area contributed by atoms with Crippen LogP contribution in [0.5, 0.6) is 0 Å². The van der Waals surface area contributed by atoms with E-state index in [1.165, 1.54) is 12.1 Å². The Morgan fingerprint density at radius 2 is 2.15 bits per heavy atom. The lowest BCUT2D eigenvalue weighted by Gasteiger charge is -2.11. The van der Waals surface area contributed by atoms with Crippen molar-refractivity contribution in [3.8, 4) is 0 Å². The number of nitrogens with zero attached hydrogens (tertiary/aromatic N) is 1. The number of carboxylic acids is 1. The predicted octanol–water partition coefficient (Wildman–Crippen LogP) is -0.854. The number of furan rings is 1. The van der Waals surface area contributed by atoms with Crippen molar-refractivity contribution in [1.82, 2.24) is 15.5 Å². The highest BCUT2D eigenvalue weighted by atomic mass is 16.4. The van der Waals surface area contributed by atoms with Gasteiger partial charge in [-0.25, -0.2) is 9.59 Å². The molecule has 0 bridgehead atoms. The van der Waals surface area contributed by atoms with Crippen LogP contribution >= 0.6 is 0 Å². The quantitative estimate of drug-likeness (QED) is 0.603. The van der Waals surface area contributed by atoms with Crippen molar-refractivity contribution in [1.29, 1.82) is 0 Å². The molecule has 106 valence electrons. The van der Waals surface area contributed by atoms with E-state index < -0.39 is 30.4 Å². The molecule has 0 atom stereocenters. The number of aromatic carboxylic acids is 1. The van der Waals surface area contributed by atoms with Gasteiger partial charge in [0, 0.05) is 0 Å². The van der Waals surface area contributed by atoms with Crippen molar-refractivity contribution in [2.24, 2.45) is 0 Å². The fraction of sp³-hybridized carbons (Fsp3) is 0.273. The molecule has 1 aliphatic heterocycles. The summed E-state index contributed by atoms with van der Waals surface area (Å²) < 4.78 is 4.93. The highest BCUT2D eigenvalue weighted by Crippen LogP contribution is 2.07. The number of rotatable bonds is 5. The molecule has 1 aromatic rings. The van der Waals surface area contributed by atoms with Crippen molar-refractivity contribution < 1.29 is 28.7 Å². The average Bonchev–Trinajstić information content (AvgIpc) is 2.98. The summed E-state index contributed by atoms with van der Waals surface area (Å²) in [6.45, 7) is -0.542. The molecule has 3 N–H and O–H groups in total. The molecular formula is C11H11N3O6. The molecule has 1 saturated heterocycles. The van der Waals surface area contributed by atoms with Crippen LogP contribution in [-0.4, -0.2) is 46.9 Å². The Labute approximate surface area is 112 Å². The van der Waals surface area contributed by atoms with Gasteiger partial charge < -0.3 is 20.2 Å². The van der Waals surface area contributed by atoms with Gasteiger partial charge in [-0.2, -0.15) is 0 Å². The van der Waals surface area contributed by atoms with Gasteiger partial charge in [0.15, 0.2) is 0 Å². The predicted molar refractivity (Wildman–Crippen MR) is 62.6 cm³/mol. The summed E-state index contributed by atoms with van der Waals surface area (Å²) in [5.41, 5.74) is 0. The second-order valence-electron chi connectivity index (χ2n) is 3.99. The first kappa shape index (κ1) is 13.6. The van der Waals surface area contributed by atoms with Gasteiger partial charge in [-0.1, -0.05) is 0 Å². The van der Waals surface area contributed by atoms with E-state index in [0.29, 0.717) is 0 Å². The largest absolute Gasteiger partial charge is 0.475 e. The van der Waals surface area contributed by atoms with Gasteiger partial charge in [0.2, 0.25) is 11.7 Å². The molecule has 1 aromatic heterocycles. The Balaban J connectivity index is 1.84. The third-order valence-electron chi connectivity index (χ3n) is 2.57. The van der Waals surface area contributed by atoms with Crippen LogP contribution in [0.4, 0.5) is 4.79 Å². The van der Waals surface area contributed by atoms with E-state index in [1.807, 2.05) is 0 Å². The summed E-state index contributed by atoms with van der Waals surface area (Å²) in [6, 6.07) is 2.06. The maximum Gasteiger partial charge on any atom is 0.371 e. The summed E-state index contributed by atoms with van der Waals surface area (Å²) in [5.74, 6) is -2.21. The Bertz CT molecular complexity index is 562. The number of nitrogens with one attached hydrogen (secondary N) is 2. The minimum Gasteiger partial charge on any atom is -0.475 e. The van der Waals surface area contributed by atoms with Gasteiger partial charge in [0.1, 0.15) is 12.3 Å². The van der Waals surface area contributed by atoms with Crippen molar-refractivity contribution in [2.75, 3.05) is 13.1 Å². The van der Waals surface area contributed by atoms with Crippen LogP contribution in [0.1, 0.15) is 16.3 Å². The lowest BCUT2D eigenvalue weighted by Crippen LogP contribution is -2.40. The fourth-order valence-corrected chi connectivity index (χ4v) is 1.59. The molecule has 1 aliphatic rings. The third-order valence-corrected chi connectivity index (χ3v) is 2.57. The van der Waals surface area contributed by atoms with E-state index in [0.717, 1.165) is 4.90 Å². The van der Waals surface area contributed by atoms with E-state index >= 15 is 0 Å². The maximum absolute atomic E-state index is 11.6. The minimum atomic E-state index is -1.21. The standard InChI is InChI=1S/C11H11N3O6/c15-8(5-14-9(16)4-13-11(14)19)12-3-6-1-2-7(20-6)10(17)18/h1-2H,3-5H2,(H,12,15)(H,13,19)(H,17,18). The molecule has 1 fully saturated rings. The normalized spacial score (nSPS) is 14.3. The molecule has 0 aromatic carbocycles. The van der Waals surface area contributed by atoms with Gasteiger partial charge in [-0.05, 0) is 12.1 Å². The topological polar surface area (TPSA) is 129 Å². The first-order valence-corrected chi connectivity index (χ1v) is 5.64. The summed E-state index contributed by atoms with van der Waals surface area (Å²) in [4.78, 5) is 45.4. The molecule has 20 heavy (non-hydrogen) atoms. The summed E-state index contributed by atoms with van der Waals surface area (Å²) in [5, 5.41) is 13.4. The molecule has 0 aliphatic carbocycles. The lowest BCUT2D eigenvalue weighted by molar-refractivity contribution is -0.130. The van der Waals surface area contributed by atoms with Crippen LogP contribution in [-0.2, 0) is 16.1 Å². The van der Waals surface area contributed by atoms with E-state index in [-0.39, 0.29) is 24.6 Å². The molecule has 2 heterocycles. The number of carbonyl (C=O) groups excluding carboxylic acids is 3. The van der Waals surface area contributed by atoms with Gasteiger partial charge in [0.25, 0.3) is 5.91 Å². The highest BCUT2D eigenvalue weighted by molar-refractivity contribution is 6.04. The Morgan fingerprint density at radius 3 is 2.70 bits per heavy atom. The Morgan fingerprint density at radius 1 is 1.40 bits per heavy atom. The van der Waals surface area contributed by atoms with Crippen LogP contribution in [0.2, 0.25) is 0 Å². The summed E-state index contributed by atoms with van der Waals surface area (Å²) >= 11 is 0. The molecule has 2 rings (SSSR count). The molecule has 0 radical (unpaired) electrons. The van der Waals surface area contributed by atoms with Gasteiger partial charge in [-0.3, -0.25) is 14.5 Å². The van der Waals surface area contributed by atoms with E-state index in [4.69, 9.17) is 9.52 Å². The number of urea groups is 1. The Kier molecular flexibility index (Phi) is 3.69. The highest BCUT2D eigenvalue weighted by Gasteiger charge is 2.30. The van der Waals surface area contributed by atoms with Crippen LogP contribution in [0, 0.1) is 0 Å². The zero-order valence-electron chi connectivity index (χ0n) is 10.2. The first-order valence-electron chi connectivity index (χ1n) is 5.64. The molecule has 9 nitrogen and oxygen atoms in total. The van der Waals surface area contributed by atoms with Crippen LogP contribution in [0.25, 0.3) is 0 Å². The van der Waals surface area contributed by atoms with Gasteiger partial charge in [0.05, 0.1) is 13.1 Å². The Hall–Kier alpha value is -2.84. The fourth-order valence-electron chi connectivity index (χ4n) is 1.59. The number of hydrogen-bond acceptors (Lipinski definition) is 5. The first-order chi connectivity index (χ1) is 9.47. The minimum absolute atomic E-state index is 0.0320. The molecule has 4 amide bonds. The smallest absolute Gasteiger partial charge is 0.371 e. The number of imide groups is 1. The zero-order chi connectivity index (χ0) is 14.7. The third kappa shape index (κ3) is 2.94. The molecule has 0 spiro atoms. The summed E-state index contributed by atoms with van der Waals surface area (Å²) in [6.07, 6.45) is 0. The van der Waals surface area contributed by atoms with Crippen LogP contribution in [0.15, 0.2) is 16.5 Å². The van der Waals surface area contributed by atoms with E-state index in [9.17, 15) is 19.2 Å². The van der Waals surface area contributed by atoms with Gasteiger partial charge in [-0.15, -0.1) is 0 Å². The number of carbonyl (C=O) groups is 4. The van der Waals surface area contributed by atoms with Crippen LogP contribution in [0.3, 0.4) is 0 Å². The van der Waals surface area contributed by atoms with Crippen molar-refractivity contribution in [2.45, 2.75) is 6.54 Å². The summed E-state index contributed by atoms with van der Waals surface area (Å²) in [7, 11) is 0. The van der Waals surface area contributed by atoms with Crippen LogP contribution < -0.4 is 10.6 Å². The van der Waals surface area contributed by atoms with Crippen molar-refractivity contribution in [3.63, 3.8) is 0 Å². The van der Waals surface area contributed by atoms with Gasteiger partial charge >= 0.3 is 12.0 Å². The maximum atomic E-state index is 11.6.